The first-order valence-electron chi connectivity index (χ1n) is 6.54. The fraction of sp³-hybridized carbons (Fsp3) is 0.133. The number of halogens is 2. The summed E-state index contributed by atoms with van der Waals surface area (Å²) in [5, 5.41) is 13.3. The third-order valence-corrected chi connectivity index (χ3v) is 3.38. The molecular formula is C15H12ClFN2O5. The Labute approximate surface area is 141 Å². The highest BCUT2D eigenvalue weighted by atomic mass is 35.5. The van der Waals surface area contributed by atoms with E-state index in [1.807, 2.05) is 0 Å². The van der Waals surface area contributed by atoms with E-state index in [0.717, 1.165) is 12.1 Å². The maximum absolute atomic E-state index is 13.3. The Morgan fingerprint density at radius 1 is 1.25 bits per heavy atom. The maximum Gasteiger partial charge on any atom is 0.306 e. The molecule has 1 amide bonds. The summed E-state index contributed by atoms with van der Waals surface area (Å²) in [5.41, 5.74) is -0.526. The standard InChI is InChI=1S/C15H12ClFN2O5/c1-23-13-6-8(5-10(16)14(13)24-2)15(20)18-9-3-4-11(17)12(7-9)19(21)22/h3-7H,1-2H3,(H,18,20). The van der Waals surface area contributed by atoms with Crippen molar-refractivity contribution in [2.45, 2.75) is 0 Å². The molecule has 0 spiro atoms. The number of benzene rings is 2. The quantitative estimate of drug-likeness (QED) is 0.653. The van der Waals surface area contributed by atoms with Crippen LogP contribution in [-0.2, 0) is 0 Å². The van der Waals surface area contributed by atoms with E-state index in [1.165, 1.54) is 32.4 Å². The monoisotopic (exact) mass is 354 g/mol. The lowest BCUT2D eigenvalue weighted by Gasteiger charge is -2.12. The fourth-order valence-corrected chi connectivity index (χ4v) is 2.27. The van der Waals surface area contributed by atoms with E-state index in [1.54, 1.807) is 0 Å². The SMILES string of the molecule is COc1cc(C(=O)Nc2ccc(F)c([N+](=O)[O-])c2)cc(Cl)c1OC. The number of carbonyl (C=O) groups is 1. The predicted octanol–water partition coefficient (Wildman–Crippen LogP) is 3.66. The average molecular weight is 355 g/mol. The van der Waals surface area contributed by atoms with Gasteiger partial charge in [0.1, 0.15) is 0 Å². The van der Waals surface area contributed by atoms with Crippen molar-refractivity contribution in [3.05, 3.63) is 56.8 Å². The summed E-state index contributed by atoms with van der Waals surface area (Å²) < 4.78 is 23.5. The third kappa shape index (κ3) is 3.54. The molecule has 9 heteroatoms. The minimum Gasteiger partial charge on any atom is -0.493 e. The van der Waals surface area contributed by atoms with Gasteiger partial charge in [0.2, 0.25) is 5.82 Å². The molecule has 0 aliphatic rings. The first-order valence-corrected chi connectivity index (χ1v) is 6.92. The molecule has 2 rings (SSSR count). The van der Waals surface area contributed by atoms with Crippen LogP contribution < -0.4 is 14.8 Å². The summed E-state index contributed by atoms with van der Waals surface area (Å²) in [5.74, 6) is -1.07. The molecule has 1 N–H and O–H groups in total. The molecule has 2 aromatic carbocycles. The molecule has 0 fully saturated rings. The number of anilines is 1. The molecule has 0 unspecified atom stereocenters. The van der Waals surface area contributed by atoms with E-state index >= 15 is 0 Å². The Hall–Kier alpha value is -2.87. The zero-order chi connectivity index (χ0) is 17.9. The second kappa shape index (κ2) is 7.14. The van der Waals surface area contributed by atoms with Gasteiger partial charge in [-0.15, -0.1) is 0 Å². The topological polar surface area (TPSA) is 90.7 Å². The summed E-state index contributed by atoms with van der Waals surface area (Å²) >= 11 is 6.02. The van der Waals surface area contributed by atoms with Crippen molar-refractivity contribution in [3.63, 3.8) is 0 Å². The van der Waals surface area contributed by atoms with Crippen LogP contribution in [0.5, 0.6) is 11.5 Å². The highest BCUT2D eigenvalue weighted by Crippen LogP contribution is 2.36. The Morgan fingerprint density at radius 2 is 1.96 bits per heavy atom. The molecule has 0 saturated heterocycles. The second-order valence-corrected chi connectivity index (χ2v) is 4.98. The van der Waals surface area contributed by atoms with E-state index in [-0.39, 0.29) is 27.8 Å². The van der Waals surface area contributed by atoms with Crippen molar-refractivity contribution >= 4 is 28.9 Å². The molecule has 0 heterocycles. The van der Waals surface area contributed by atoms with Crippen molar-refractivity contribution in [1.82, 2.24) is 0 Å². The van der Waals surface area contributed by atoms with Crippen molar-refractivity contribution in [2.75, 3.05) is 19.5 Å². The van der Waals surface area contributed by atoms with E-state index in [4.69, 9.17) is 21.1 Å². The van der Waals surface area contributed by atoms with Crippen LogP contribution >= 0.6 is 11.6 Å². The van der Waals surface area contributed by atoms with Gasteiger partial charge in [0.15, 0.2) is 11.5 Å². The lowest BCUT2D eigenvalue weighted by Crippen LogP contribution is -2.12. The molecular weight excluding hydrogens is 343 g/mol. The lowest BCUT2D eigenvalue weighted by molar-refractivity contribution is -0.387. The Morgan fingerprint density at radius 3 is 2.54 bits per heavy atom. The number of hydrogen-bond acceptors (Lipinski definition) is 5. The van der Waals surface area contributed by atoms with Crippen LogP contribution in [0.1, 0.15) is 10.4 Å². The first kappa shape index (κ1) is 17.5. The Bertz CT molecular complexity index is 813. The van der Waals surface area contributed by atoms with Crippen LogP contribution in [-0.4, -0.2) is 25.1 Å². The zero-order valence-corrected chi connectivity index (χ0v) is 13.4. The molecule has 2 aromatic rings. The maximum atomic E-state index is 13.3. The summed E-state index contributed by atoms with van der Waals surface area (Å²) in [6.07, 6.45) is 0. The van der Waals surface area contributed by atoms with E-state index in [9.17, 15) is 19.3 Å². The van der Waals surface area contributed by atoms with Crippen LogP contribution in [0, 0.1) is 15.9 Å². The number of amides is 1. The second-order valence-electron chi connectivity index (χ2n) is 4.57. The van der Waals surface area contributed by atoms with E-state index in [2.05, 4.69) is 5.32 Å². The van der Waals surface area contributed by atoms with Gasteiger partial charge in [-0.25, -0.2) is 0 Å². The third-order valence-electron chi connectivity index (χ3n) is 3.10. The number of nitrogens with zero attached hydrogens (tertiary/aromatic N) is 1. The Balaban J connectivity index is 2.32. The van der Waals surface area contributed by atoms with Crippen molar-refractivity contribution in [3.8, 4) is 11.5 Å². The van der Waals surface area contributed by atoms with Crippen LogP contribution in [0.2, 0.25) is 5.02 Å². The first-order chi connectivity index (χ1) is 11.4. The molecule has 0 aliphatic heterocycles. The number of nitro benzene ring substituents is 1. The average Bonchev–Trinajstić information content (AvgIpc) is 2.55. The summed E-state index contributed by atoms with van der Waals surface area (Å²) in [7, 11) is 2.79. The smallest absolute Gasteiger partial charge is 0.306 e. The molecule has 0 atom stereocenters. The minimum absolute atomic E-state index is 0.0685. The number of hydrogen-bond donors (Lipinski definition) is 1. The fourth-order valence-electron chi connectivity index (χ4n) is 1.98. The molecule has 0 aliphatic carbocycles. The van der Waals surface area contributed by atoms with Crippen molar-refractivity contribution in [2.24, 2.45) is 0 Å². The normalized spacial score (nSPS) is 10.2. The lowest BCUT2D eigenvalue weighted by atomic mass is 10.1. The highest BCUT2D eigenvalue weighted by molar-refractivity contribution is 6.32. The molecule has 126 valence electrons. The van der Waals surface area contributed by atoms with Gasteiger partial charge in [-0.2, -0.15) is 4.39 Å². The summed E-state index contributed by atoms with van der Waals surface area (Å²) in [4.78, 5) is 22.1. The number of nitro groups is 1. The Kier molecular flexibility index (Phi) is 5.20. The summed E-state index contributed by atoms with van der Waals surface area (Å²) in [6, 6.07) is 5.79. The van der Waals surface area contributed by atoms with Gasteiger partial charge in [-0.1, -0.05) is 11.6 Å². The summed E-state index contributed by atoms with van der Waals surface area (Å²) in [6.45, 7) is 0. The van der Waals surface area contributed by atoms with Gasteiger partial charge in [0, 0.05) is 17.3 Å². The van der Waals surface area contributed by atoms with Gasteiger partial charge in [0.05, 0.1) is 24.2 Å². The number of rotatable bonds is 5. The molecule has 0 bridgehead atoms. The zero-order valence-electron chi connectivity index (χ0n) is 12.6. The number of ether oxygens (including phenoxy) is 2. The molecule has 0 aromatic heterocycles. The number of nitrogens with one attached hydrogen (secondary N) is 1. The predicted molar refractivity (Wildman–Crippen MR) is 85.6 cm³/mol. The van der Waals surface area contributed by atoms with Gasteiger partial charge < -0.3 is 14.8 Å². The molecule has 7 nitrogen and oxygen atoms in total. The van der Waals surface area contributed by atoms with Crippen molar-refractivity contribution < 1.29 is 23.6 Å². The van der Waals surface area contributed by atoms with E-state index in [0.29, 0.717) is 0 Å². The van der Waals surface area contributed by atoms with Gasteiger partial charge in [0.25, 0.3) is 5.91 Å². The van der Waals surface area contributed by atoms with Crippen LogP contribution in [0.4, 0.5) is 15.8 Å². The number of methoxy groups -OCH3 is 2. The number of carbonyl (C=O) groups excluding carboxylic acids is 1. The largest absolute Gasteiger partial charge is 0.493 e. The van der Waals surface area contributed by atoms with Gasteiger partial charge >= 0.3 is 5.69 Å². The van der Waals surface area contributed by atoms with Gasteiger partial charge in [-0.05, 0) is 24.3 Å². The highest BCUT2D eigenvalue weighted by Gasteiger charge is 2.18. The molecule has 24 heavy (non-hydrogen) atoms. The molecule has 0 radical (unpaired) electrons. The van der Waals surface area contributed by atoms with Crippen LogP contribution in [0.25, 0.3) is 0 Å². The van der Waals surface area contributed by atoms with Crippen LogP contribution in [0.3, 0.4) is 0 Å². The van der Waals surface area contributed by atoms with Crippen LogP contribution in [0.15, 0.2) is 30.3 Å². The molecule has 0 saturated carbocycles. The van der Waals surface area contributed by atoms with Crippen molar-refractivity contribution in [1.29, 1.82) is 0 Å². The minimum atomic E-state index is -0.993. The van der Waals surface area contributed by atoms with Gasteiger partial charge in [-0.3, -0.25) is 14.9 Å². The van der Waals surface area contributed by atoms with E-state index < -0.39 is 22.3 Å².